The number of aryl methyl sites for hydroxylation is 1. The van der Waals surface area contributed by atoms with E-state index in [9.17, 15) is 5.11 Å². The van der Waals surface area contributed by atoms with E-state index in [2.05, 4.69) is 36.2 Å². The standard InChI is InChI=1S/C14H17NO2/c1-10-3-5-12(6-4-10)8-14-15-13(9-17-14)7-11(2)16/h3-6,9,11,16H,7-8H2,1-2H3. The van der Waals surface area contributed by atoms with Crippen LogP contribution in [0, 0.1) is 6.92 Å². The van der Waals surface area contributed by atoms with E-state index in [-0.39, 0.29) is 6.10 Å². The van der Waals surface area contributed by atoms with Crippen LogP contribution in [0.15, 0.2) is 34.9 Å². The van der Waals surface area contributed by atoms with Crippen LogP contribution >= 0.6 is 0 Å². The molecule has 3 nitrogen and oxygen atoms in total. The quantitative estimate of drug-likeness (QED) is 0.879. The highest BCUT2D eigenvalue weighted by Crippen LogP contribution is 2.11. The summed E-state index contributed by atoms with van der Waals surface area (Å²) in [4.78, 5) is 4.34. The molecule has 0 fully saturated rings. The Morgan fingerprint density at radius 1 is 1.29 bits per heavy atom. The third kappa shape index (κ3) is 3.43. The summed E-state index contributed by atoms with van der Waals surface area (Å²) in [6.45, 7) is 3.81. The Balaban J connectivity index is 2.03. The minimum absolute atomic E-state index is 0.382. The van der Waals surface area contributed by atoms with Gasteiger partial charge in [-0.15, -0.1) is 0 Å². The van der Waals surface area contributed by atoms with Crippen LogP contribution in [-0.2, 0) is 12.8 Å². The second-order valence-electron chi connectivity index (χ2n) is 4.45. The van der Waals surface area contributed by atoms with Crippen LogP contribution in [0.1, 0.15) is 29.6 Å². The van der Waals surface area contributed by atoms with E-state index in [1.807, 2.05) is 0 Å². The lowest BCUT2D eigenvalue weighted by atomic mass is 10.1. The van der Waals surface area contributed by atoms with Gasteiger partial charge < -0.3 is 9.52 Å². The van der Waals surface area contributed by atoms with Crippen LogP contribution in [0.5, 0.6) is 0 Å². The Hall–Kier alpha value is -1.61. The molecule has 17 heavy (non-hydrogen) atoms. The predicted octanol–water partition coefficient (Wildman–Crippen LogP) is 2.50. The largest absolute Gasteiger partial charge is 0.448 e. The smallest absolute Gasteiger partial charge is 0.198 e. The van der Waals surface area contributed by atoms with Crippen molar-refractivity contribution in [1.82, 2.24) is 4.98 Å². The SMILES string of the molecule is Cc1ccc(Cc2nc(CC(C)O)co2)cc1. The van der Waals surface area contributed by atoms with Gasteiger partial charge in [0.05, 0.1) is 11.8 Å². The minimum Gasteiger partial charge on any atom is -0.448 e. The number of oxazole rings is 1. The van der Waals surface area contributed by atoms with Crippen molar-refractivity contribution in [3.8, 4) is 0 Å². The zero-order valence-corrected chi connectivity index (χ0v) is 10.2. The molecule has 1 N–H and O–H groups in total. The average Bonchev–Trinajstić information content (AvgIpc) is 2.68. The third-order valence-corrected chi connectivity index (χ3v) is 2.58. The van der Waals surface area contributed by atoms with E-state index in [1.165, 1.54) is 11.1 Å². The Bertz CT molecular complexity index is 471. The van der Waals surface area contributed by atoms with Gasteiger partial charge in [0, 0.05) is 12.8 Å². The van der Waals surface area contributed by atoms with E-state index in [0.717, 1.165) is 5.69 Å². The highest BCUT2D eigenvalue weighted by Gasteiger charge is 2.07. The first-order valence-electron chi connectivity index (χ1n) is 5.80. The Morgan fingerprint density at radius 2 is 2.00 bits per heavy atom. The van der Waals surface area contributed by atoms with Crippen LogP contribution in [0.25, 0.3) is 0 Å². The van der Waals surface area contributed by atoms with Crippen molar-refractivity contribution in [2.24, 2.45) is 0 Å². The molecule has 2 aromatic rings. The van der Waals surface area contributed by atoms with Crippen LogP contribution in [0.3, 0.4) is 0 Å². The maximum Gasteiger partial charge on any atom is 0.198 e. The summed E-state index contributed by atoms with van der Waals surface area (Å²) in [5.41, 5.74) is 3.24. The molecule has 3 heteroatoms. The van der Waals surface area contributed by atoms with Crippen molar-refractivity contribution in [1.29, 1.82) is 0 Å². The maximum absolute atomic E-state index is 9.25. The number of nitrogens with zero attached hydrogens (tertiary/aromatic N) is 1. The number of aromatic nitrogens is 1. The van der Waals surface area contributed by atoms with E-state index in [0.29, 0.717) is 18.7 Å². The highest BCUT2D eigenvalue weighted by atomic mass is 16.3. The van der Waals surface area contributed by atoms with Crippen molar-refractivity contribution in [2.45, 2.75) is 32.8 Å². The van der Waals surface area contributed by atoms with Gasteiger partial charge in [0.2, 0.25) is 0 Å². The zero-order valence-electron chi connectivity index (χ0n) is 10.2. The summed E-state index contributed by atoms with van der Waals surface area (Å²) >= 11 is 0. The van der Waals surface area contributed by atoms with Gasteiger partial charge in [-0.3, -0.25) is 0 Å². The molecule has 0 saturated carbocycles. The molecule has 0 radical (unpaired) electrons. The first kappa shape index (κ1) is 11.9. The molecule has 0 aliphatic rings. The Kier molecular flexibility index (Phi) is 3.59. The molecule has 1 heterocycles. The second kappa shape index (κ2) is 5.15. The lowest BCUT2D eigenvalue weighted by Crippen LogP contribution is -2.04. The van der Waals surface area contributed by atoms with Gasteiger partial charge in [-0.2, -0.15) is 0 Å². The first-order chi connectivity index (χ1) is 8.13. The van der Waals surface area contributed by atoms with E-state index in [1.54, 1.807) is 13.2 Å². The first-order valence-corrected chi connectivity index (χ1v) is 5.80. The van der Waals surface area contributed by atoms with Crippen molar-refractivity contribution in [3.05, 3.63) is 53.2 Å². The monoisotopic (exact) mass is 231 g/mol. The molecular weight excluding hydrogens is 214 g/mol. The van der Waals surface area contributed by atoms with Gasteiger partial charge in [0.25, 0.3) is 0 Å². The van der Waals surface area contributed by atoms with Crippen LogP contribution in [-0.4, -0.2) is 16.2 Å². The molecule has 0 amide bonds. The maximum atomic E-state index is 9.25. The molecule has 1 aromatic carbocycles. The molecular formula is C14H17NO2. The molecule has 0 aliphatic heterocycles. The number of hydrogen-bond donors (Lipinski definition) is 1. The number of hydrogen-bond acceptors (Lipinski definition) is 3. The Morgan fingerprint density at radius 3 is 2.65 bits per heavy atom. The van der Waals surface area contributed by atoms with Gasteiger partial charge in [-0.25, -0.2) is 4.98 Å². The fourth-order valence-electron chi connectivity index (χ4n) is 1.71. The molecule has 0 aliphatic carbocycles. The molecule has 1 aromatic heterocycles. The molecule has 90 valence electrons. The topological polar surface area (TPSA) is 46.3 Å². The van der Waals surface area contributed by atoms with Gasteiger partial charge in [0.15, 0.2) is 5.89 Å². The number of aliphatic hydroxyl groups excluding tert-OH is 1. The van der Waals surface area contributed by atoms with Crippen molar-refractivity contribution in [2.75, 3.05) is 0 Å². The van der Waals surface area contributed by atoms with Crippen LogP contribution in [0.2, 0.25) is 0 Å². The fraction of sp³-hybridized carbons (Fsp3) is 0.357. The van der Waals surface area contributed by atoms with E-state index < -0.39 is 0 Å². The third-order valence-electron chi connectivity index (χ3n) is 2.58. The van der Waals surface area contributed by atoms with Crippen molar-refractivity contribution in [3.63, 3.8) is 0 Å². The number of aliphatic hydroxyl groups is 1. The Labute approximate surface area is 101 Å². The van der Waals surface area contributed by atoms with Crippen LogP contribution in [0.4, 0.5) is 0 Å². The highest BCUT2D eigenvalue weighted by molar-refractivity contribution is 5.23. The predicted molar refractivity (Wildman–Crippen MR) is 65.9 cm³/mol. The summed E-state index contributed by atoms with van der Waals surface area (Å²) in [5, 5.41) is 9.25. The number of rotatable bonds is 4. The van der Waals surface area contributed by atoms with Gasteiger partial charge in [-0.05, 0) is 19.4 Å². The van der Waals surface area contributed by atoms with E-state index >= 15 is 0 Å². The lowest BCUT2D eigenvalue weighted by Gasteiger charge is -1.98. The molecule has 0 saturated heterocycles. The molecule has 2 rings (SSSR count). The summed E-state index contributed by atoms with van der Waals surface area (Å²) in [6.07, 6.45) is 2.47. The second-order valence-corrected chi connectivity index (χ2v) is 4.45. The zero-order chi connectivity index (χ0) is 12.3. The summed E-state index contributed by atoms with van der Waals surface area (Å²) in [7, 11) is 0. The van der Waals surface area contributed by atoms with Crippen molar-refractivity contribution >= 4 is 0 Å². The fourth-order valence-corrected chi connectivity index (χ4v) is 1.71. The van der Waals surface area contributed by atoms with Gasteiger partial charge in [-0.1, -0.05) is 29.8 Å². The average molecular weight is 231 g/mol. The summed E-state index contributed by atoms with van der Waals surface area (Å²) < 4.78 is 5.38. The summed E-state index contributed by atoms with van der Waals surface area (Å²) in [5.74, 6) is 0.699. The van der Waals surface area contributed by atoms with Crippen LogP contribution < -0.4 is 0 Å². The molecule has 0 bridgehead atoms. The van der Waals surface area contributed by atoms with Gasteiger partial charge in [0.1, 0.15) is 6.26 Å². The lowest BCUT2D eigenvalue weighted by molar-refractivity contribution is 0.194. The normalized spacial score (nSPS) is 12.6. The number of benzene rings is 1. The molecule has 0 spiro atoms. The minimum atomic E-state index is -0.382. The van der Waals surface area contributed by atoms with E-state index in [4.69, 9.17) is 4.42 Å². The summed E-state index contributed by atoms with van der Waals surface area (Å²) in [6, 6.07) is 8.31. The molecule has 1 atom stereocenters. The molecule has 1 unspecified atom stereocenters. The van der Waals surface area contributed by atoms with Crippen molar-refractivity contribution < 1.29 is 9.52 Å². The van der Waals surface area contributed by atoms with Gasteiger partial charge >= 0.3 is 0 Å².